The molecule has 5 nitrogen and oxygen atoms in total. The largest absolute Gasteiger partial charge is 0.484 e. The van der Waals surface area contributed by atoms with Crippen molar-refractivity contribution in [2.24, 2.45) is 0 Å². The lowest BCUT2D eigenvalue weighted by atomic mass is 10.2. The lowest BCUT2D eigenvalue weighted by molar-refractivity contribution is -0.137. The van der Waals surface area contributed by atoms with Crippen LogP contribution < -0.4 is 10.1 Å². The first-order valence-electron chi connectivity index (χ1n) is 9.20. The number of hydrogen-bond acceptors (Lipinski definition) is 4. The standard InChI is InChI=1S/C22H19F3N2O3S/c1-27(13-19-6-3-11-31-19)21(29)15-7-9-18(10-8-15)30-14-20(28)26-17-5-2-4-16(12-17)22(23,24)25/h2-12H,13-14H2,1H3,(H,26,28). The molecule has 3 rings (SSSR count). The van der Waals surface area contributed by atoms with E-state index in [4.69, 9.17) is 4.74 Å². The summed E-state index contributed by atoms with van der Waals surface area (Å²) in [6.07, 6.45) is -4.49. The molecule has 0 atom stereocenters. The van der Waals surface area contributed by atoms with Gasteiger partial charge in [0.25, 0.3) is 11.8 Å². The molecule has 0 unspecified atom stereocenters. The Kier molecular flexibility index (Phi) is 6.96. The fraction of sp³-hybridized carbons (Fsp3) is 0.182. The Morgan fingerprint density at radius 1 is 1.06 bits per heavy atom. The summed E-state index contributed by atoms with van der Waals surface area (Å²) in [4.78, 5) is 27.2. The summed E-state index contributed by atoms with van der Waals surface area (Å²) in [5.74, 6) is -0.394. The van der Waals surface area contributed by atoms with E-state index in [9.17, 15) is 22.8 Å². The van der Waals surface area contributed by atoms with Crippen molar-refractivity contribution in [2.75, 3.05) is 19.0 Å². The first kappa shape index (κ1) is 22.4. The number of nitrogens with zero attached hydrogens (tertiary/aromatic N) is 1. The summed E-state index contributed by atoms with van der Waals surface area (Å²) in [7, 11) is 1.71. The van der Waals surface area contributed by atoms with Crippen LogP contribution in [0.5, 0.6) is 5.75 Å². The van der Waals surface area contributed by atoms with Gasteiger partial charge in [0.15, 0.2) is 6.61 Å². The maximum Gasteiger partial charge on any atom is 0.416 e. The summed E-state index contributed by atoms with van der Waals surface area (Å²) >= 11 is 1.57. The number of benzene rings is 2. The molecule has 2 aromatic carbocycles. The molecule has 9 heteroatoms. The van der Waals surface area contributed by atoms with E-state index < -0.39 is 17.6 Å². The molecule has 3 aromatic rings. The fourth-order valence-electron chi connectivity index (χ4n) is 2.74. The first-order chi connectivity index (χ1) is 14.7. The number of anilines is 1. The fourth-order valence-corrected chi connectivity index (χ4v) is 3.50. The van der Waals surface area contributed by atoms with Crippen molar-refractivity contribution in [1.82, 2.24) is 4.90 Å². The smallest absolute Gasteiger partial charge is 0.416 e. The van der Waals surface area contributed by atoms with E-state index in [0.717, 1.165) is 17.0 Å². The number of amides is 2. The van der Waals surface area contributed by atoms with E-state index in [0.29, 0.717) is 17.9 Å². The zero-order valence-corrected chi connectivity index (χ0v) is 17.3. The highest BCUT2D eigenvalue weighted by Crippen LogP contribution is 2.30. The molecule has 0 saturated carbocycles. The Hall–Kier alpha value is -3.33. The molecule has 0 saturated heterocycles. The van der Waals surface area contributed by atoms with Gasteiger partial charge in [0, 0.05) is 23.2 Å². The highest BCUT2D eigenvalue weighted by Gasteiger charge is 2.30. The van der Waals surface area contributed by atoms with Gasteiger partial charge >= 0.3 is 6.18 Å². The van der Waals surface area contributed by atoms with Gasteiger partial charge in [0.2, 0.25) is 0 Å². The summed E-state index contributed by atoms with van der Waals surface area (Å²) < 4.78 is 43.6. The van der Waals surface area contributed by atoms with Crippen molar-refractivity contribution in [2.45, 2.75) is 12.7 Å². The minimum absolute atomic E-state index is 0.0261. The van der Waals surface area contributed by atoms with Gasteiger partial charge in [-0.15, -0.1) is 11.3 Å². The number of alkyl halides is 3. The van der Waals surface area contributed by atoms with Crippen molar-refractivity contribution < 1.29 is 27.5 Å². The molecule has 0 aliphatic carbocycles. The van der Waals surface area contributed by atoms with E-state index in [-0.39, 0.29) is 18.2 Å². The first-order valence-corrected chi connectivity index (χ1v) is 10.1. The van der Waals surface area contributed by atoms with Crippen LogP contribution in [-0.2, 0) is 17.5 Å². The zero-order valence-electron chi connectivity index (χ0n) is 16.5. The molecular weight excluding hydrogens is 429 g/mol. The normalized spacial score (nSPS) is 11.1. The second kappa shape index (κ2) is 9.65. The zero-order chi connectivity index (χ0) is 22.4. The summed E-state index contributed by atoms with van der Waals surface area (Å²) in [6, 6.07) is 14.5. The van der Waals surface area contributed by atoms with Gasteiger partial charge < -0.3 is 15.0 Å². The van der Waals surface area contributed by atoms with Crippen molar-refractivity contribution >= 4 is 28.8 Å². The Labute approximate surface area is 181 Å². The number of carbonyl (C=O) groups excluding carboxylic acids is 2. The van der Waals surface area contributed by atoms with E-state index in [1.54, 1.807) is 47.5 Å². The van der Waals surface area contributed by atoms with Crippen molar-refractivity contribution in [1.29, 1.82) is 0 Å². The van der Waals surface area contributed by atoms with Crippen LogP contribution in [0.15, 0.2) is 66.0 Å². The summed E-state index contributed by atoms with van der Waals surface area (Å²) in [5.41, 5.74) is -0.353. The van der Waals surface area contributed by atoms with E-state index in [2.05, 4.69) is 5.32 Å². The molecule has 0 fully saturated rings. The molecule has 0 spiro atoms. The lowest BCUT2D eigenvalue weighted by Gasteiger charge is -2.16. The number of carbonyl (C=O) groups is 2. The Bertz CT molecular complexity index is 1030. The van der Waals surface area contributed by atoms with Crippen LogP contribution in [0.2, 0.25) is 0 Å². The van der Waals surface area contributed by atoms with Crippen LogP contribution in [-0.4, -0.2) is 30.4 Å². The number of hydrogen-bond donors (Lipinski definition) is 1. The second-order valence-electron chi connectivity index (χ2n) is 6.68. The van der Waals surface area contributed by atoms with Crippen molar-refractivity contribution in [3.05, 3.63) is 82.0 Å². The third-order valence-electron chi connectivity index (χ3n) is 4.26. The van der Waals surface area contributed by atoms with Crippen LogP contribution >= 0.6 is 11.3 Å². The molecule has 162 valence electrons. The summed E-state index contributed by atoms with van der Waals surface area (Å²) in [5, 5.41) is 4.31. The molecule has 1 N–H and O–H groups in total. The van der Waals surface area contributed by atoms with Gasteiger partial charge in [-0.25, -0.2) is 0 Å². The predicted molar refractivity (Wildman–Crippen MR) is 112 cm³/mol. The third-order valence-corrected chi connectivity index (χ3v) is 5.13. The van der Waals surface area contributed by atoms with Gasteiger partial charge in [-0.3, -0.25) is 9.59 Å². The van der Waals surface area contributed by atoms with Crippen molar-refractivity contribution in [3.8, 4) is 5.75 Å². The molecule has 1 aromatic heterocycles. The number of rotatable bonds is 7. The van der Waals surface area contributed by atoms with Crippen LogP contribution in [0.4, 0.5) is 18.9 Å². The van der Waals surface area contributed by atoms with E-state index >= 15 is 0 Å². The van der Waals surface area contributed by atoms with E-state index in [1.807, 2.05) is 17.5 Å². The molecule has 0 bridgehead atoms. The maximum absolute atomic E-state index is 12.7. The number of nitrogens with one attached hydrogen (secondary N) is 1. The number of thiophene rings is 1. The molecule has 0 radical (unpaired) electrons. The van der Waals surface area contributed by atoms with Crippen LogP contribution in [0.25, 0.3) is 0 Å². The van der Waals surface area contributed by atoms with Gasteiger partial charge in [0.1, 0.15) is 5.75 Å². The van der Waals surface area contributed by atoms with Gasteiger partial charge in [-0.1, -0.05) is 12.1 Å². The second-order valence-corrected chi connectivity index (χ2v) is 7.71. The van der Waals surface area contributed by atoms with E-state index in [1.165, 1.54) is 12.1 Å². The monoisotopic (exact) mass is 448 g/mol. The average Bonchev–Trinajstić information content (AvgIpc) is 3.24. The van der Waals surface area contributed by atoms with Crippen molar-refractivity contribution in [3.63, 3.8) is 0 Å². The topological polar surface area (TPSA) is 58.6 Å². The lowest BCUT2D eigenvalue weighted by Crippen LogP contribution is -2.25. The Morgan fingerprint density at radius 2 is 1.81 bits per heavy atom. The van der Waals surface area contributed by atoms with Gasteiger partial charge in [0.05, 0.1) is 12.1 Å². The Morgan fingerprint density at radius 3 is 2.45 bits per heavy atom. The van der Waals surface area contributed by atoms with Gasteiger partial charge in [-0.2, -0.15) is 13.2 Å². The van der Waals surface area contributed by atoms with Crippen LogP contribution in [0, 0.1) is 0 Å². The molecule has 0 aliphatic heterocycles. The minimum atomic E-state index is -4.49. The molecule has 31 heavy (non-hydrogen) atoms. The summed E-state index contributed by atoms with van der Waals surface area (Å²) in [6.45, 7) is 0.117. The quantitative estimate of drug-likeness (QED) is 0.550. The SMILES string of the molecule is CN(Cc1cccs1)C(=O)c1ccc(OCC(=O)Nc2cccc(C(F)(F)F)c2)cc1. The maximum atomic E-state index is 12.7. The number of halogens is 3. The number of ether oxygens (including phenoxy) is 1. The minimum Gasteiger partial charge on any atom is -0.484 e. The van der Waals surface area contributed by atoms with Crippen LogP contribution in [0.3, 0.4) is 0 Å². The third kappa shape index (κ3) is 6.32. The molecule has 2 amide bonds. The molecule has 0 aliphatic rings. The van der Waals surface area contributed by atoms with Crippen LogP contribution in [0.1, 0.15) is 20.8 Å². The average molecular weight is 448 g/mol. The predicted octanol–water partition coefficient (Wildman–Crippen LogP) is 5.06. The molecular formula is C22H19F3N2O3S. The van der Waals surface area contributed by atoms with Gasteiger partial charge in [-0.05, 0) is 53.9 Å². The highest BCUT2D eigenvalue weighted by atomic mass is 32.1. The highest BCUT2D eigenvalue weighted by molar-refractivity contribution is 7.09. The molecule has 1 heterocycles. The Balaban J connectivity index is 1.52.